The number of hydrogen-bond acceptors (Lipinski definition) is 3. The molecule has 0 amide bonds. The smallest absolute Gasteiger partial charge is 0.308 e. The Bertz CT molecular complexity index is 394. The highest BCUT2D eigenvalue weighted by Gasteiger charge is 2.27. The Morgan fingerprint density at radius 3 is 2.50 bits per heavy atom. The van der Waals surface area contributed by atoms with Crippen molar-refractivity contribution in [2.24, 2.45) is 5.92 Å². The largest absolute Gasteiger partial charge is 0.466 e. The van der Waals surface area contributed by atoms with Crippen LogP contribution in [0.4, 0.5) is 0 Å². The van der Waals surface area contributed by atoms with Crippen molar-refractivity contribution >= 4 is 5.97 Å². The molecule has 0 saturated heterocycles. The van der Waals surface area contributed by atoms with E-state index in [9.17, 15) is 4.79 Å². The Kier molecular flexibility index (Phi) is 6.06. The van der Waals surface area contributed by atoms with Crippen molar-refractivity contribution in [3.05, 3.63) is 35.9 Å². The van der Waals surface area contributed by atoms with Crippen molar-refractivity contribution in [1.29, 1.82) is 0 Å². The van der Waals surface area contributed by atoms with Gasteiger partial charge >= 0.3 is 5.97 Å². The highest BCUT2D eigenvalue weighted by Crippen LogP contribution is 2.27. The molecule has 110 valence electrons. The molecule has 1 aliphatic rings. The van der Waals surface area contributed by atoms with E-state index in [0.29, 0.717) is 12.7 Å². The van der Waals surface area contributed by atoms with Crippen LogP contribution in [0.15, 0.2) is 30.3 Å². The van der Waals surface area contributed by atoms with Gasteiger partial charge < -0.3 is 9.47 Å². The zero-order chi connectivity index (χ0) is 14.2. The minimum atomic E-state index is -0.0322. The molecule has 1 aliphatic carbocycles. The molecule has 1 fully saturated rings. The molecule has 3 heteroatoms. The van der Waals surface area contributed by atoms with E-state index in [1.165, 1.54) is 5.56 Å². The van der Waals surface area contributed by atoms with Crippen LogP contribution in [0.5, 0.6) is 0 Å². The fourth-order valence-electron chi connectivity index (χ4n) is 2.71. The van der Waals surface area contributed by atoms with Gasteiger partial charge in [-0.1, -0.05) is 30.3 Å². The van der Waals surface area contributed by atoms with Crippen molar-refractivity contribution in [1.82, 2.24) is 0 Å². The first-order chi connectivity index (χ1) is 9.79. The number of ether oxygens (including phenoxy) is 2. The predicted octanol–water partition coefficient (Wildman–Crippen LogP) is 3.37. The van der Waals surface area contributed by atoms with Crippen LogP contribution in [0, 0.1) is 5.92 Å². The van der Waals surface area contributed by atoms with E-state index in [2.05, 4.69) is 24.3 Å². The Morgan fingerprint density at radius 2 is 1.85 bits per heavy atom. The molecular formula is C17H24O3. The van der Waals surface area contributed by atoms with Crippen LogP contribution in [0.1, 0.15) is 38.2 Å². The lowest BCUT2D eigenvalue weighted by molar-refractivity contribution is -0.150. The van der Waals surface area contributed by atoms with Crippen LogP contribution in [0.2, 0.25) is 0 Å². The van der Waals surface area contributed by atoms with Crippen LogP contribution >= 0.6 is 0 Å². The average Bonchev–Trinajstić information content (AvgIpc) is 2.49. The van der Waals surface area contributed by atoms with Crippen molar-refractivity contribution in [3.63, 3.8) is 0 Å². The van der Waals surface area contributed by atoms with Crippen molar-refractivity contribution in [3.8, 4) is 0 Å². The summed E-state index contributed by atoms with van der Waals surface area (Å²) < 4.78 is 11.0. The van der Waals surface area contributed by atoms with E-state index in [-0.39, 0.29) is 11.9 Å². The zero-order valence-corrected chi connectivity index (χ0v) is 12.2. The number of carbonyl (C=O) groups is 1. The fraction of sp³-hybridized carbons (Fsp3) is 0.588. The lowest BCUT2D eigenvalue weighted by Gasteiger charge is -2.27. The highest BCUT2D eigenvalue weighted by atomic mass is 16.5. The molecule has 1 aromatic carbocycles. The van der Waals surface area contributed by atoms with E-state index in [0.717, 1.165) is 38.7 Å². The van der Waals surface area contributed by atoms with Gasteiger partial charge in [0.25, 0.3) is 0 Å². The Labute approximate surface area is 121 Å². The predicted molar refractivity (Wildman–Crippen MR) is 78.5 cm³/mol. The fourth-order valence-corrected chi connectivity index (χ4v) is 2.71. The number of carbonyl (C=O) groups excluding carboxylic acids is 1. The third kappa shape index (κ3) is 4.64. The Balaban J connectivity index is 1.63. The maximum Gasteiger partial charge on any atom is 0.308 e. The normalized spacial score (nSPS) is 22.4. The van der Waals surface area contributed by atoms with Crippen LogP contribution < -0.4 is 0 Å². The molecule has 20 heavy (non-hydrogen) atoms. The van der Waals surface area contributed by atoms with E-state index in [1.807, 2.05) is 13.0 Å². The molecule has 0 aliphatic heterocycles. The van der Waals surface area contributed by atoms with Gasteiger partial charge in [-0.05, 0) is 44.6 Å². The summed E-state index contributed by atoms with van der Waals surface area (Å²) >= 11 is 0. The Morgan fingerprint density at radius 1 is 1.15 bits per heavy atom. The summed E-state index contributed by atoms with van der Waals surface area (Å²) in [4.78, 5) is 11.6. The van der Waals surface area contributed by atoms with Crippen molar-refractivity contribution in [2.75, 3.05) is 13.2 Å². The molecule has 1 aromatic rings. The number of esters is 1. The van der Waals surface area contributed by atoms with Crippen LogP contribution in [0.25, 0.3) is 0 Å². The van der Waals surface area contributed by atoms with Gasteiger partial charge in [-0.3, -0.25) is 4.79 Å². The quantitative estimate of drug-likeness (QED) is 0.747. The maximum atomic E-state index is 11.6. The molecule has 0 heterocycles. The van der Waals surface area contributed by atoms with Gasteiger partial charge in [0, 0.05) is 0 Å². The molecule has 0 unspecified atom stereocenters. The van der Waals surface area contributed by atoms with Gasteiger partial charge in [-0.15, -0.1) is 0 Å². The van der Waals surface area contributed by atoms with E-state index in [1.54, 1.807) is 0 Å². The van der Waals surface area contributed by atoms with Gasteiger partial charge in [0.15, 0.2) is 0 Å². The Hall–Kier alpha value is -1.35. The highest BCUT2D eigenvalue weighted by molar-refractivity contribution is 5.72. The summed E-state index contributed by atoms with van der Waals surface area (Å²) in [5, 5.41) is 0. The standard InChI is InChI=1S/C17H24O3/c1-2-19-17(18)15-8-10-16(11-9-15)20-13-12-14-6-4-3-5-7-14/h3-7,15-16H,2,8-13H2,1H3/t15-,16+. The van der Waals surface area contributed by atoms with Crippen molar-refractivity contribution in [2.45, 2.75) is 45.1 Å². The zero-order valence-electron chi connectivity index (χ0n) is 12.2. The average molecular weight is 276 g/mol. The topological polar surface area (TPSA) is 35.5 Å². The molecule has 1 saturated carbocycles. The molecule has 0 N–H and O–H groups in total. The number of rotatable bonds is 6. The second-order valence-electron chi connectivity index (χ2n) is 5.33. The van der Waals surface area contributed by atoms with Gasteiger partial charge in [-0.2, -0.15) is 0 Å². The van der Waals surface area contributed by atoms with Crippen LogP contribution in [-0.4, -0.2) is 25.3 Å². The molecule has 2 rings (SSSR count). The third-order valence-electron chi connectivity index (χ3n) is 3.88. The first-order valence-corrected chi connectivity index (χ1v) is 7.61. The van der Waals surface area contributed by atoms with E-state index in [4.69, 9.17) is 9.47 Å². The minimum Gasteiger partial charge on any atom is -0.466 e. The molecule has 0 radical (unpaired) electrons. The minimum absolute atomic E-state index is 0.0322. The summed E-state index contributed by atoms with van der Waals surface area (Å²) in [6.45, 7) is 3.10. The molecule has 0 atom stereocenters. The number of hydrogen-bond donors (Lipinski definition) is 0. The van der Waals surface area contributed by atoms with Gasteiger partial charge in [0.2, 0.25) is 0 Å². The summed E-state index contributed by atoms with van der Waals surface area (Å²) in [7, 11) is 0. The van der Waals surface area contributed by atoms with Gasteiger partial charge in [0.05, 0.1) is 25.2 Å². The van der Waals surface area contributed by atoms with Gasteiger partial charge in [0.1, 0.15) is 0 Å². The van der Waals surface area contributed by atoms with E-state index >= 15 is 0 Å². The lowest BCUT2D eigenvalue weighted by Crippen LogP contribution is -2.28. The third-order valence-corrected chi connectivity index (χ3v) is 3.88. The summed E-state index contributed by atoms with van der Waals surface area (Å²) in [5.41, 5.74) is 1.31. The first-order valence-electron chi connectivity index (χ1n) is 7.61. The second kappa shape index (κ2) is 8.05. The molecular weight excluding hydrogens is 252 g/mol. The summed E-state index contributed by atoms with van der Waals surface area (Å²) in [6.07, 6.45) is 5.00. The SMILES string of the molecule is CCOC(=O)[C@H]1CC[C@@H](OCCc2ccccc2)CC1. The lowest BCUT2D eigenvalue weighted by atomic mass is 9.87. The monoisotopic (exact) mass is 276 g/mol. The van der Waals surface area contributed by atoms with Crippen molar-refractivity contribution < 1.29 is 14.3 Å². The maximum absolute atomic E-state index is 11.6. The number of benzene rings is 1. The van der Waals surface area contributed by atoms with Crippen LogP contribution in [-0.2, 0) is 20.7 Å². The van der Waals surface area contributed by atoms with Gasteiger partial charge in [-0.25, -0.2) is 0 Å². The summed E-state index contributed by atoms with van der Waals surface area (Å²) in [6, 6.07) is 10.4. The first kappa shape index (κ1) is 15.0. The second-order valence-corrected chi connectivity index (χ2v) is 5.33. The van der Waals surface area contributed by atoms with Crippen LogP contribution in [0.3, 0.4) is 0 Å². The van der Waals surface area contributed by atoms with E-state index < -0.39 is 0 Å². The summed E-state index contributed by atoms with van der Waals surface area (Å²) in [5.74, 6) is 0.0548. The molecule has 0 aromatic heterocycles. The molecule has 0 spiro atoms. The molecule has 3 nitrogen and oxygen atoms in total. The molecule has 0 bridgehead atoms.